The van der Waals surface area contributed by atoms with Crippen molar-refractivity contribution in [2.24, 2.45) is 5.73 Å². The van der Waals surface area contributed by atoms with E-state index in [2.05, 4.69) is 0 Å². The summed E-state index contributed by atoms with van der Waals surface area (Å²) in [4.78, 5) is 11.5. The van der Waals surface area contributed by atoms with Crippen LogP contribution in [0, 0.1) is 6.92 Å². The van der Waals surface area contributed by atoms with E-state index in [-0.39, 0.29) is 4.90 Å². The van der Waals surface area contributed by atoms with Gasteiger partial charge in [0.15, 0.2) is 0 Å². The standard InChI is InChI=1S/C12H16N2O3S/c1-9-4-6-10(7-5-9)18(16,17)14-8-2-3-11(14)12(13)15/h4-7,11H,2-3,8H2,1H3,(H2,13,15)/t11-/m0/s1. The third-order valence-electron chi connectivity index (χ3n) is 3.16. The van der Waals surface area contributed by atoms with Crippen molar-refractivity contribution in [3.63, 3.8) is 0 Å². The summed E-state index contributed by atoms with van der Waals surface area (Å²) in [7, 11) is -3.62. The third kappa shape index (κ3) is 2.26. The molecule has 0 radical (unpaired) electrons. The number of rotatable bonds is 3. The summed E-state index contributed by atoms with van der Waals surface area (Å²) in [5.41, 5.74) is 6.23. The lowest BCUT2D eigenvalue weighted by Crippen LogP contribution is -2.43. The molecule has 2 rings (SSSR count). The van der Waals surface area contributed by atoms with E-state index < -0.39 is 22.0 Å². The number of carbonyl (C=O) groups excluding carboxylic acids is 1. The van der Waals surface area contributed by atoms with Gasteiger partial charge in [-0.3, -0.25) is 4.79 Å². The van der Waals surface area contributed by atoms with Crippen LogP contribution in [-0.4, -0.2) is 31.2 Å². The molecule has 1 aromatic carbocycles. The SMILES string of the molecule is Cc1ccc(S(=O)(=O)N2CCC[C@H]2C(N)=O)cc1. The molecule has 18 heavy (non-hydrogen) atoms. The summed E-state index contributed by atoms with van der Waals surface area (Å²) in [6.45, 7) is 2.24. The number of primary amides is 1. The lowest BCUT2D eigenvalue weighted by Gasteiger charge is -2.21. The number of aryl methyl sites for hydroxylation is 1. The van der Waals surface area contributed by atoms with Crippen LogP contribution < -0.4 is 5.73 Å². The molecule has 2 N–H and O–H groups in total. The molecule has 0 spiro atoms. The third-order valence-corrected chi connectivity index (χ3v) is 5.08. The summed E-state index contributed by atoms with van der Waals surface area (Å²) in [5.74, 6) is -0.580. The predicted molar refractivity (Wildman–Crippen MR) is 67.3 cm³/mol. The highest BCUT2D eigenvalue weighted by Gasteiger charge is 2.38. The summed E-state index contributed by atoms with van der Waals surface area (Å²) in [6, 6.07) is 5.88. The fourth-order valence-electron chi connectivity index (χ4n) is 2.16. The van der Waals surface area contributed by atoms with Crippen LogP contribution in [0.15, 0.2) is 29.2 Å². The number of nitrogens with zero attached hydrogens (tertiary/aromatic N) is 1. The van der Waals surface area contributed by atoms with Crippen molar-refractivity contribution in [3.05, 3.63) is 29.8 Å². The molecule has 0 saturated carbocycles. The largest absolute Gasteiger partial charge is 0.368 e. The highest BCUT2D eigenvalue weighted by Crippen LogP contribution is 2.25. The molecule has 1 amide bonds. The molecule has 0 aromatic heterocycles. The Morgan fingerprint density at radius 1 is 1.33 bits per heavy atom. The average Bonchev–Trinajstić information content (AvgIpc) is 2.79. The molecule has 1 atom stereocenters. The van der Waals surface area contributed by atoms with Gasteiger partial charge >= 0.3 is 0 Å². The second kappa shape index (κ2) is 4.70. The van der Waals surface area contributed by atoms with Crippen LogP contribution in [-0.2, 0) is 14.8 Å². The molecule has 5 nitrogen and oxygen atoms in total. The Balaban J connectivity index is 2.36. The Labute approximate surface area is 107 Å². The maximum Gasteiger partial charge on any atom is 0.243 e. The zero-order valence-corrected chi connectivity index (χ0v) is 11.0. The summed E-state index contributed by atoms with van der Waals surface area (Å²) < 4.78 is 26.0. The first-order chi connectivity index (χ1) is 8.43. The van der Waals surface area contributed by atoms with Gasteiger partial charge in [-0.05, 0) is 31.9 Å². The van der Waals surface area contributed by atoms with Gasteiger partial charge in [0, 0.05) is 6.54 Å². The Morgan fingerprint density at radius 3 is 2.50 bits per heavy atom. The minimum absolute atomic E-state index is 0.209. The van der Waals surface area contributed by atoms with Gasteiger partial charge in [0.25, 0.3) is 0 Å². The maximum absolute atomic E-state index is 12.4. The molecule has 6 heteroatoms. The zero-order valence-electron chi connectivity index (χ0n) is 10.2. The van der Waals surface area contributed by atoms with E-state index in [1.165, 1.54) is 4.31 Å². The zero-order chi connectivity index (χ0) is 13.3. The van der Waals surface area contributed by atoms with E-state index in [0.29, 0.717) is 19.4 Å². The molecule has 1 saturated heterocycles. The van der Waals surface area contributed by atoms with Crippen LogP contribution in [0.2, 0.25) is 0 Å². The highest BCUT2D eigenvalue weighted by molar-refractivity contribution is 7.89. The van der Waals surface area contributed by atoms with Gasteiger partial charge in [-0.2, -0.15) is 4.31 Å². The van der Waals surface area contributed by atoms with E-state index in [0.717, 1.165) is 5.56 Å². The van der Waals surface area contributed by atoms with Crippen molar-refractivity contribution in [1.82, 2.24) is 4.31 Å². The fourth-order valence-corrected chi connectivity index (χ4v) is 3.82. The monoisotopic (exact) mass is 268 g/mol. The maximum atomic E-state index is 12.4. The molecule has 1 fully saturated rings. The fraction of sp³-hybridized carbons (Fsp3) is 0.417. The van der Waals surface area contributed by atoms with E-state index in [1.807, 2.05) is 6.92 Å². The minimum Gasteiger partial charge on any atom is -0.368 e. The number of carbonyl (C=O) groups is 1. The second-order valence-electron chi connectivity index (χ2n) is 4.49. The molecule has 0 unspecified atom stereocenters. The molecular formula is C12H16N2O3S. The van der Waals surface area contributed by atoms with Crippen molar-refractivity contribution >= 4 is 15.9 Å². The minimum atomic E-state index is -3.62. The van der Waals surface area contributed by atoms with E-state index >= 15 is 0 Å². The van der Waals surface area contributed by atoms with Gasteiger partial charge < -0.3 is 5.73 Å². The highest BCUT2D eigenvalue weighted by atomic mass is 32.2. The van der Waals surface area contributed by atoms with Crippen molar-refractivity contribution < 1.29 is 13.2 Å². The topological polar surface area (TPSA) is 80.5 Å². The van der Waals surface area contributed by atoms with Gasteiger partial charge in [-0.15, -0.1) is 0 Å². The Morgan fingerprint density at radius 2 is 1.94 bits per heavy atom. The van der Waals surface area contributed by atoms with Crippen molar-refractivity contribution in [2.75, 3.05) is 6.54 Å². The van der Waals surface area contributed by atoms with Crippen LogP contribution >= 0.6 is 0 Å². The molecule has 1 aliphatic heterocycles. The molecule has 98 valence electrons. The number of benzene rings is 1. The van der Waals surface area contributed by atoms with Gasteiger partial charge in [0.1, 0.15) is 6.04 Å². The first-order valence-electron chi connectivity index (χ1n) is 5.81. The van der Waals surface area contributed by atoms with Gasteiger partial charge in [0.2, 0.25) is 15.9 Å². The smallest absolute Gasteiger partial charge is 0.243 e. The average molecular weight is 268 g/mol. The van der Waals surface area contributed by atoms with E-state index in [1.54, 1.807) is 24.3 Å². The van der Waals surface area contributed by atoms with Crippen LogP contribution in [0.1, 0.15) is 18.4 Å². The number of hydrogen-bond acceptors (Lipinski definition) is 3. The van der Waals surface area contributed by atoms with Crippen molar-refractivity contribution in [2.45, 2.75) is 30.7 Å². The lowest BCUT2D eigenvalue weighted by molar-refractivity contribution is -0.121. The van der Waals surface area contributed by atoms with Gasteiger partial charge in [0.05, 0.1) is 4.90 Å². The summed E-state index contributed by atoms with van der Waals surface area (Å²) in [5, 5.41) is 0. The van der Waals surface area contributed by atoms with Crippen LogP contribution in [0.4, 0.5) is 0 Å². The molecule has 1 aromatic rings. The Bertz CT molecular complexity index is 551. The van der Waals surface area contributed by atoms with Crippen LogP contribution in [0.25, 0.3) is 0 Å². The first-order valence-corrected chi connectivity index (χ1v) is 7.25. The quantitative estimate of drug-likeness (QED) is 0.873. The Hall–Kier alpha value is -1.40. The first kappa shape index (κ1) is 13.0. The predicted octanol–water partition coefficient (Wildman–Crippen LogP) is 0.633. The van der Waals surface area contributed by atoms with E-state index in [9.17, 15) is 13.2 Å². The van der Waals surface area contributed by atoms with E-state index in [4.69, 9.17) is 5.73 Å². The second-order valence-corrected chi connectivity index (χ2v) is 6.38. The molecule has 0 aliphatic carbocycles. The summed E-state index contributed by atoms with van der Waals surface area (Å²) in [6.07, 6.45) is 1.17. The number of sulfonamides is 1. The molecule has 0 bridgehead atoms. The summed E-state index contributed by atoms with van der Waals surface area (Å²) >= 11 is 0. The van der Waals surface area contributed by atoms with Crippen LogP contribution in [0.5, 0.6) is 0 Å². The number of amides is 1. The number of nitrogens with two attached hydrogens (primary N) is 1. The van der Waals surface area contributed by atoms with Gasteiger partial charge in [-0.1, -0.05) is 17.7 Å². The van der Waals surface area contributed by atoms with Crippen LogP contribution in [0.3, 0.4) is 0 Å². The molecule has 1 heterocycles. The lowest BCUT2D eigenvalue weighted by atomic mass is 10.2. The molecule has 1 aliphatic rings. The normalized spacial score (nSPS) is 21.1. The Kier molecular flexibility index (Phi) is 3.41. The van der Waals surface area contributed by atoms with Gasteiger partial charge in [-0.25, -0.2) is 8.42 Å². The van der Waals surface area contributed by atoms with Crippen molar-refractivity contribution in [3.8, 4) is 0 Å². The van der Waals surface area contributed by atoms with Crippen molar-refractivity contribution in [1.29, 1.82) is 0 Å². The number of hydrogen-bond donors (Lipinski definition) is 1. The molecular weight excluding hydrogens is 252 g/mol.